The average molecular weight is 318 g/mol. The maximum Gasteiger partial charge on any atom is 0.142 e. The maximum atomic E-state index is 13.8. The number of nitrogens with zero attached hydrogens (tertiary/aromatic N) is 2. The van der Waals surface area contributed by atoms with E-state index in [4.69, 9.17) is 0 Å². The molecule has 0 aliphatic heterocycles. The summed E-state index contributed by atoms with van der Waals surface area (Å²) < 4.78 is 14.1. The van der Waals surface area contributed by atoms with Gasteiger partial charge >= 0.3 is 0 Å². The number of nitrogens with one attached hydrogen (secondary N) is 1. The van der Waals surface area contributed by atoms with E-state index in [9.17, 15) is 9.50 Å². The quantitative estimate of drug-likeness (QED) is 0.830. The van der Waals surface area contributed by atoms with Crippen LogP contribution < -0.4 is 5.32 Å². The fourth-order valence-corrected chi connectivity index (χ4v) is 2.05. The van der Waals surface area contributed by atoms with E-state index in [1.807, 2.05) is 0 Å². The first-order valence-corrected chi connectivity index (χ1v) is 6.30. The highest BCUT2D eigenvalue weighted by atomic mass is 79.9. The second kappa shape index (κ2) is 5.75. The Labute approximate surface area is 114 Å². The van der Waals surface area contributed by atoms with Crippen molar-refractivity contribution in [3.63, 3.8) is 0 Å². The first kappa shape index (κ1) is 15.0. The molecule has 0 bridgehead atoms. The Morgan fingerprint density at radius 2 is 2.11 bits per heavy atom. The van der Waals surface area contributed by atoms with Gasteiger partial charge in [0, 0.05) is 13.6 Å². The number of hydrogen-bond acceptors (Lipinski definition) is 4. The van der Waals surface area contributed by atoms with Crippen molar-refractivity contribution in [2.24, 2.45) is 10.2 Å². The lowest BCUT2D eigenvalue weighted by molar-refractivity contribution is 0.0945. The molecule has 0 saturated carbocycles. The van der Waals surface area contributed by atoms with Gasteiger partial charge in [0.25, 0.3) is 0 Å². The molecule has 0 aromatic heterocycles. The van der Waals surface area contributed by atoms with Crippen LogP contribution in [0.3, 0.4) is 0 Å². The van der Waals surface area contributed by atoms with Crippen LogP contribution >= 0.6 is 15.9 Å². The second-order valence-electron chi connectivity index (χ2n) is 4.68. The molecular formula is C12H17BrFN3O. The Hall–Kier alpha value is -1.01. The fraction of sp³-hybridized carbons (Fsp3) is 0.500. The summed E-state index contributed by atoms with van der Waals surface area (Å²) in [6.07, 6.45) is 0. The van der Waals surface area contributed by atoms with E-state index in [1.54, 1.807) is 33.9 Å². The first-order chi connectivity index (χ1) is 8.26. The van der Waals surface area contributed by atoms with Crippen molar-refractivity contribution < 1.29 is 9.50 Å². The van der Waals surface area contributed by atoms with Crippen molar-refractivity contribution in [2.45, 2.75) is 26.4 Å². The van der Waals surface area contributed by atoms with E-state index in [0.29, 0.717) is 21.4 Å². The van der Waals surface area contributed by atoms with Gasteiger partial charge in [-0.05, 0) is 48.3 Å². The fourth-order valence-electron chi connectivity index (χ4n) is 1.40. The van der Waals surface area contributed by atoms with Gasteiger partial charge < -0.3 is 10.4 Å². The molecular weight excluding hydrogens is 301 g/mol. The molecule has 1 aromatic rings. The second-order valence-corrected chi connectivity index (χ2v) is 5.47. The molecule has 0 heterocycles. The highest BCUT2D eigenvalue weighted by molar-refractivity contribution is 9.10. The molecule has 0 unspecified atom stereocenters. The van der Waals surface area contributed by atoms with Crippen LogP contribution in [-0.2, 0) is 0 Å². The molecule has 1 aromatic carbocycles. The Kier molecular flexibility index (Phi) is 4.81. The van der Waals surface area contributed by atoms with Crippen molar-refractivity contribution in [3.8, 4) is 0 Å². The third-order valence-electron chi connectivity index (χ3n) is 2.27. The van der Waals surface area contributed by atoms with Crippen LogP contribution in [0.5, 0.6) is 0 Å². The maximum absolute atomic E-state index is 13.8. The molecule has 4 nitrogen and oxygen atoms in total. The number of benzene rings is 1. The molecule has 100 valence electrons. The van der Waals surface area contributed by atoms with Crippen LogP contribution in [0.2, 0.25) is 0 Å². The Morgan fingerprint density at radius 1 is 1.50 bits per heavy atom. The number of rotatable bonds is 4. The van der Waals surface area contributed by atoms with E-state index < -0.39 is 5.60 Å². The van der Waals surface area contributed by atoms with E-state index >= 15 is 0 Å². The summed E-state index contributed by atoms with van der Waals surface area (Å²) in [7, 11) is 1.55. The highest BCUT2D eigenvalue weighted by Gasteiger charge is 2.18. The SMILES string of the molecule is CN=Nc1cc(C)c(F)c(Br)c1NCC(C)(C)O. The number of halogens is 2. The topological polar surface area (TPSA) is 57.0 Å². The Bertz CT molecular complexity index is 469. The van der Waals surface area contributed by atoms with E-state index in [-0.39, 0.29) is 12.4 Å². The van der Waals surface area contributed by atoms with Crippen LogP contribution in [-0.4, -0.2) is 24.3 Å². The van der Waals surface area contributed by atoms with Crippen molar-refractivity contribution in [2.75, 3.05) is 18.9 Å². The standard InChI is InChI=1S/C12H17BrFN3O/c1-7-5-8(17-15-4)11(9(13)10(7)14)16-6-12(2,3)18/h5,16,18H,6H2,1-4H3. The third-order valence-corrected chi connectivity index (χ3v) is 3.02. The van der Waals surface area contributed by atoms with Crippen LogP contribution in [0.15, 0.2) is 20.8 Å². The Balaban J connectivity index is 3.18. The normalized spacial score (nSPS) is 12.2. The van der Waals surface area contributed by atoms with Gasteiger partial charge in [-0.25, -0.2) is 4.39 Å². The Morgan fingerprint density at radius 3 is 2.61 bits per heavy atom. The van der Waals surface area contributed by atoms with Gasteiger partial charge in [-0.15, -0.1) is 0 Å². The van der Waals surface area contributed by atoms with Crippen LogP contribution in [0, 0.1) is 12.7 Å². The van der Waals surface area contributed by atoms with Crippen molar-refractivity contribution in [1.29, 1.82) is 0 Å². The molecule has 0 fully saturated rings. The van der Waals surface area contributed by atoms with Gasteiger partial charge in [0.1, 0.15) is 11.5 Å². The predicted molar refractivity (Wildman–Crippen MR) is 74.1 cm³/mol. The lowest BCUT2D eigenvalue weighted by atomic mass is 10.1. The molecule has 18 heavy (non-hydrogen) atoms. The molecule has 2 N–H and O–H groups in total. The van der Waals surface area contributed by atoms with Crippen LogP contribution in [0.25, 0.3) is 0 Å². The summed E-state index contributed by atoms with van der Waals surface area (Å²) in [5, 5.41) is 20.3. The average Bonchev–Trinajstić information content (AvgIpc) is 2.24. The first-order valence-electron chi connectivity index (χ1n) is 5.51. The lowest BCUT2D eigenvalue weighted by Crippen LogP contribution is -2.29. The molecule has 0 radical (unpaired) electrons. The van der Waals surface area contributed by atoms with Gasteiger partial charge in [-0.3, -0.25) is 0 Å². The van der Waals surface area contributed by atoms with Crippen LogP contribution in [0.1, 0.15) is 19.4 Å². The van der Waals surface area contributed by atoms with Gasteiger partial charge in [-0.2, -0.15) is 10.2 Å². The summed E-state index contributed by atoms with van der Waals surface area (Å²) in [4.78, 5) is 0. The minimum absolute atomic E-state index is 0.278. The molecule has 0 aliphatic carbocycles. The highest BCUT2D eigenvalue weighted by Crippen LogP contribution is 2.37. The summed E-state index contributed by atoms with van der Waals surface area (Å²) in [5.74, 6) is -0.344. The monoisotopic (exact) mass is 317 g/mol. The van der Waals surface area contributed by atoms with Gasteiger partial charge in [0.05, 0.1) is 15.8 Å². The predicted octanol–water partition coefficient (Wildman–Crippen LogP) is 3.79. The third kappa shape index (κ3) is 3.74. The smallest absolute Gasteiger partial charge is 0.142 e. The zero-order valence-electron chi connectivity index (χ0n) is 10.9. The van der Waals surface area contributed by atoms with Gasteiger partial charge in [-0.1, -0.05) is 0 Å². The largest absolute Gasteiger partial charge is 0.389 e. The van der Waals surface area contributed by atoms with Crippen LogP contribution in [0.4, 0.5) is 15.8 Å². The van der Waals surface area contributed by atoms with Crippen molar-refractivity contribution in [3.05, 3.63) is 21.9 Å². The summed E-state index contributed by atoms with van der Waals surface area (Å²) in [6, 6.07) is 1.61. The molecule has 0 atom stereocenters. The molecule has 1 rings (SSSR count). The lowest BCUT2D eigenvalue weighted by Gasteiger charge is -2.20. The minimum Gasteiger partial charge on any atom is -0.389 e. The summed E-state index contributed by atoms with van der Waals surface area (Å²) in [5.41, 5.74) is 0.609. The number of aryl methyl sites for hydroxylation is 1. The molecule has 0 saturated heterocycles. The van der Waals surface area contributed by atoms with E-state index in [1.165, 1.54) is 0 Å². The zero-order valence-corrected chi connectivity index (χ0v) is 12.5. The molecule has 0 amide bonds. The number of aliphatic hydroxyl groups is 1. The van der Waals surface area contributed by atoms with Crippen molar-refractivity contribution >= 4 is 27.3 Å². The number of hydrogen-bond donors (Lipinski definition) is 2. The summed E-state index contributed by atoms with van der Waals surface area (Å²) in [6.45, 7) is 5.27. The van der Waals surface area contributed by atoms with Crippen molar-refractivity contribution in [1.82, 2.24) is 0 Å². The summed E-state index contributed by atoms with van der Waals surface area (Å²) >= 11 is 3.20. The van der Waals surface area contributed by atoms with Gasteiger partial charge in [0.15, 0.2) is 0 Å². The van der Waals surface area contributed by atoms with E-state index in [2.05, 4.69) is 31.5 Å². The molecule has 0 spiro atoms. The number of anilines is 1. The molecule has 6 heteroatoms. The number of azo groups is 1. The van der Waals surface area contributed by atoms with Gasteiger partial charge in [0.2, 0.25) is 0 Å². The minimum atomic E-state index is -0.901. The molecule has 0 aliphatic rings. The zero-order chi connectivity index (χ0) is 13.9. The van der Waals surface area contributed by atoms with E-state index in [0.717, 1.165) is 0 Å².